The van der Waals surface area contributed by atoms with E-state index in [1.807, 2.05) is 18.2 Å². The maximum atomic E-state index is 12.9. The molecule has 1 aliphatic rings. The van der Waals surface area contributed by atoms with E-state index in [2.05, 4.69) is 0 Å². The van der Waals surface area contributed by atoms with E-state index in [9.17, 15) is 4.79 Å². The fourth-order valence-electron chi connectivity index (χ4n) is 3.28. The van der Waals surface area contributed by atoms with Crippen LogP contribution in [0.2, 0.25) is 0 Å². The van der Waals surface area contributed by atoms with Crippen molar-refractivity contribution in [3.63, 3.8) is 0 Å². The van der Waals surface area contributed by atoms with Crippen LogP contribution in [-0.2, 0) is 11.3 Å². The molecule has 1 unspecified atom stereocenters. The molecule has 0 radical (unpaired) electrons. The molecule has 2 aromatic rings. The van der Waals surface area contributed by atoms with Crippen LogP contribution in [0.1, 0.15) is 22.6 Å². The molecule has 7 nitrogen and oxygen atoms in total. The minimum absolute atomic E-state index is 0.197. The van der Waals surface area contributed by atoms with Gasteiger partial charge in [-0.15, -0.1) is 0 Å². The Bertz CT molecular complexity index is 812. The number of fused-ring (bicyclic) bond motifs is 1. The Labute approximate surface area is 152 Å². The summed E-state index contributed by atoms with van der Waals surface area (Å²) in [5.41, 5.74) is 2.53. The van der Waals surface area contributed by atoms with Crippen molar-refractivity contribution in [3.05, 3.63) is 47.0 Å². The van der Waals surface area contributed by atoms with Crippen LogP contribution >= 0.6 is 0 Å². The summed E-state index contributed by atoms with van der Waals surface area (Å²) >= 11 is 0. The largest absolute Gasteiger partial charge is 0.497 e. The van der Waals surface area contributed by atoms with Crippen LogP contribution in [0.15, 0.2) is 30.3 Å². The number of nitrogens with zero attached hydrogens (tertiary/aromatic N) is 1. The van der Waals surface area contributed by atoms with Crippen LogP contribution in [0.4, 0.5) is 0 Å². The van der Waals surface area contributed by atoms with Crippen LogP contribution in [0.5, 0.6) is 23.0 Å². The SMILES string of the molecule is COc1ccc2c(c1)CN(N)C(=O)C2c1cc(OC)c(OC)c(OC)c1. The summed E-state index contributed by atoms with van der Waals surface area (Å²) in [5.74, 6) is 7.36. The molecule has 1 heterocycles. The first-order valence-electron chi connectivity index (χ1n) is 8.06. The summed E-state index contributed by atoms with van der Waals surface area (Å²) in [5, 5.41) is 1.22. The van der Waals surface area contributed by atoms with Gasteiger partial charge in [0.15, 0.2) is 11.5 Å². The van der Waals surface area contributed by atoms with Gasteiger partial charge in [0.05, 0.1) is 40.9 Å². The Balaban J connectivity index is 2.18. The number of ether oxygens (including phenoxy) is 4. The van der Waals surface area contributed by atoms with Crippen molar-refractivity contribution in [2.45, 2.75) is 12.5 Å². The lowest BCUT2D eigenvalue weighted by atomic mass is 9.84. The number of carbonyl (C=O) groups is 1. The van der Waals surface area contributed by atoms with Crippen LogP contribution in [0.3, 0.4) is 0 Å². The molecule has 1 aliphatic heterocycles. The average molecular weight is 358 g/mol. The minimum Gasteiger partial charge on any atom is -0.497 e. The Morgan fingerprint density at radius 2 is 1.62 bits per heavy atom. The molecule has 0 saturated heterocycles. The second kappa shape index (κ2) is 7.13. The average Bonchev–Trinajstić information content (AvgIpc) is 2.67. The number of nitrogens with two attached hydrogens (primary N) is 1. The highest BCUT2D eigenvalue weighted by Crippen LogP contribution is 2.43. The topological polar surface area (TPSA) is 83.3 Å². The van der Waals surface area contributed by atoms with Crippen LogP contribution in [0.25, 0.3) is 0 Å². The summed E-state index contributed by atoms with van der Waals surface area (Å²) < 4.78 is 21.5. The van der Waals surface area contributed by atoms with Crippen LogP contribution < -0.4 is 24.8 Å². The molecule has 0 saturated carbocycles. The molecule has 138 valence electrons. The Morgan fingerprint density at radius 1 is 0.962 bits per heavy atom. The molecule has 7 heteroatoms. The molecule has 26 heavy (non-hydrogen) atoms. The normalized spacial score (nSPS) is 16.1. The number of hydrazine groups is 1. The van der Waals surface area contributed by atoms with Crippen LogP contribution in [-0.4, -0.2) is 39.4 Å². The third-order valence-corrected chi connectivity index (χ3v) is 4.55. The van der Waals surface area contributed by atoms with Gasteiger partial charge in [0.1, 0.15) is 5.75 Å². The standard InChI is InChI=1S/C19H22N2O5/c1-23-13-5-6-14-12(7-13)10-21(20)19(22)17(14)11-8-15(24-2)18(26-4)16(9-11)25-3/h5-9,17H,10,20H2,1-4H3. The molecule has 0 aliphatic carbocycles. The number of benzene rings is 2. The first kappa shape index (κ1) is 17.9. The van der Waals surface area contributed by atoms with Crippen molar-refractivity contribution in [1.82, 2.24) is 5.01 Å². The van der Waals surface area contributed by atoms with Crippen molar-refractivity contribution in [2.75, 3.05) is 28.4 Å². The first-order chi connectivity index (χ1) is 12.5. The predicted molar refractivity (Wildman–Crippen MR) is 95.7 cm³/mol. The molecular formula is C19H22N2O5. The highest BCUT2D eigenvalue weighted by atomic mass is 16.5. The van der Waals surface area contributed by atoms with E-state index in [0.29, 0.717) is 29.4 Å². The number of carbonyl (C=O) groups excluding carboxylic acids is 1. The first-order valence-corrected chi connectivity index (χ1v) is 8.06. The molecule has 0 spiro atoms. The Kier molecular flexibility index (Phi) is 4.90. The highest BCUT2D eigenvalue weighted by molar-refractivity contribution is 5.89. The van der Waals surface area contributed by atoms with Gasteiger partial charge in [-0.1, -0.05) is 6.07 Å². The zero-order valence-corrected chi connectivity index (χ0v) is 15.2. The number of methoxy groups -OCH3 is 4. The molecule has 1 amide bonds. The number of rotatable bonds is 5. The van der Waals surface area contributed by atoms with E-state index in [1.54, 1.807) is 19.2 Å². The van der Waals surface area contributed by atoms with Crippen molar-refractivity contribution >= 4 is 5.91 Å². The summed E-state index contributed by atoms with van der Waals surface area (Å²) in [6, 6.07) is 9.18. The predicted octanol–water partition coefficient (Wildman–Crippen LogP) is 2.07. The maximum absolute atomic E-state index is 12.9. The lowest BCUT2D eigenvalue weighted by Gasteiger charge is -2.32. The highest BCUT2D eigenvalue weighted by Gasteiger charge is 2.34. The third kappa shape index (κ3) is 2.90. The lowest BCUT2D eigenvalue weighted by molar-refractivity contribution is -0.133. The molecule has 0 bridgehead atoms. The minimum atomic E-state index is -0.566. The summed E-state index contributed by atoms with van der Waals surface area (Å²) in [6.07, 6.45) is 0. The molecule has 2 N–H and O–H groups in total. The number of hydrogen-bond acceptors (Lipinski definition) is 6. The number of hydrogen-bond donors (Lipinski definition) is 1. The van der Waals surface area contributed by atoms with Gasteiger partial charge in [-0.3, -0.25) is 9.80 Å². The van der Waals surface area contributed by atoms with Gasteiger partial charge in [0.2, 0.25) is 11.7 Å². The van der Waals surface area contributed by atoms with Crippen molar-refractivity contribution in [2.24, 2.45) is 5.84 Å². The van der Waals surface area contributed by atoms with E-state index < -0.39 is 5.92 Å². The maximum Gasteiger partial charge on any atom is 0.248 e. The van der Waals surface area contributed by atoms with Gasteiger partial charge in [-0.05, 0) is 41.0 Å². The van der Waals surface area contributed by atoms with E-state index in [1.165, 1.54) is 26.3 Å². The van der Waals surface area contributed by atoms with E-state index >= 15 is 0 Å². The monoisotopic (exact) mass is 358 g/mol. The summed E-state index contributed by atoms with van der Waals surface area (Å²) in [4.78, 5) is 12.9. The zero-order chi connectivity index (χ0) is 18.8. The van der Waals surface area contributed by atoms with Gasteiger partial charge in [0.25, 0.3) is 0 Å². The molecular weight excluding hydrogens is 336 g/mol. The summed E-state index contributed by atoms with van der Waals surface area (Å²) in [7, 11) is 6.22. The molecule has 0 aromatic heterocycles. The lowest BCUT2D eigenvalue weighted by Crippen LogP contribution is -2.44. The second-order valence-corrected chi connectivity index (χ2v) is 5.92. The number of amides is 1. The van der Waals surface area contributed by atoms with E-state index in [0.717, 1.165) is 16.9 Å². The van der Waals surface area contributed by atoms with Gasteiger partial charge in [-0.2, -0.15) is 0 Å². The quantitative estimate of drug-likeness (QED) is 0.651. The van der Waals surface area contributed by atoms with Gasteiger partial charge < -0.3 is 18.9 Å². The van der Waals surface area contributed by atoms with Gasteiger partial charge in [-0.25, -0.2) is 5.84 Å². The van der Waals surface area contributed by atoms with Crippen molar-refractivity contribution in [1.29, 1.82) is 0 Å². The molecule has 0 fully saturated rings. The Morgan fingerprint density at radius 3 is 2.15 bits per heavy atom. The Hall–Kier alpha value is -2.93. The van der Waals surface area contributed by atoms with E-state index in [-0.39, 0.29) is 5.91 Å². The van der Waals surface area contributed by atoms with Gasteiger partial charge >= 0.3 is 0 Å². The second-order valence-electron chi connectivity index (χ2n) is 5.92. The van der Waals surface area contributed by atoms with Gasteiger partial charge in [0, 0.05) is 0 Å². The fraction of sp³-hybridized carbons (Fsp3) is 0.316. The molecule has 3 rings (SSSR count). The van der Waals surface area contributed by atoms with Crippen molar-refractivity contribution in [3.8, 4) is 23.0 Å². The molecule has 2 aromatic carbocycles. The summed E-state index contributed by atoms with van der Waals surface area (Å²) in [6.45, 7) is 0.326. The molecule has 1 atom stereocenters. The van der Waals surface area contributed by atoms with Crippen LogP contribution in [0, 0.1) is 0 Å². The van der Waals surface area contributed by atoms with Crippen molar-refractivity contribution < 1.29 is 23.7 Å². The van der Waals surface area contributed by atoms with E-state index in [4.69, 9.17) is 24.8 Å². The fourth-order valence-corrected chi connectivity index (χ4v) is 3.28. The smallest absolute Gasteiger partial charge is 0.248 e. The third-order valence-electron chi connectivity index (χ3n) is 4.55. The zero-order valence-electron chi connectivity index (χ0n) is 15.2.